The van der Waals surface area contributed by atoms with Gasteiger partial charge in [-0.2, -0.15) is 10.2 Å². The highest BCUT2D eigenvalue weighted by atomic mass is 32.2. The number of amides is 2. The van der Waals surface area contributed by atoms with Crippen molar-refractivity contribution < 1.29 is 40.8 Å². The lowest BCUT2D eigenvalue weighted by Crippen LogP contribution is -2.40. The molecule has 1 aliphatic heterocycles. The molecule has 3 fully saturated rings. The number of benzene rings is 2. The zero-order valence-electron chi connectivity index (χ0n) is 41.9. The summed E-state index contributed by atoms with van der Waals surface area (Å²) in [6.45, 7) is 5.60. The Hall–Kier alpha value is -5.95. The number of thiazole rings is 2. The molecule has 24 heteroatoms. The van der Waals surface area contributed by atoms with Gasteiger partial charge in [0.05, 0.1) is 83.3 Å². The van der Waals surface area contributed by atoms with E-state index in [2.05, 4.69) is 36.6 Å². The second kappa shape index (κ2) is 22.3. The molecule has 3 atom stereocenters. The standard InChI is InChI=1S/C51H62FN11O8S4/c1-29(2)70-50(64)59-33-12-17-42-43(20-33)72-49(60-42)41-16-11-35(22-46(41)75(67,68)38-13-14-38)57-47-23-36(61-62-47)7-4-30(3)71-51(65)58-32-8-5-31(6-9-32)48-54-25-44(73-48)40-15-10-34(56-37-24-55-63(26-37)19-18-52)21-45(40)74(53,66)39-27-69-28-39/h10-11,15-16,21-26,29-33,38-39,53,56H,4-9,12-14,17-20,27-28H2,1-3H3,(H,58,65)(H,59,64)(H2,57,61,62). The van der Waals surface area contributed by atoms with Crippen LogP contribution in [0.5, 0.6) is 0 Å². The lowest BCUT2D eigenvalue weighted by molar-refractivity contribution is 0.0427. The normalized spacial score (nSPS) is 20.1. The van der Waals surface area contributed by atoms with E-state index in [1.165, 1.54) is 27.4 Å². The molecule has 2 saturated carbocycles. The van der Waals surface area contributed by atoms with Crippen molar-refractivity contribution in [2.75, 3.05) is 30.5 Å². The molecule has 3 aliphatic carbocycles. The summed E-state index contributed by atoms with van der Waals surface area (Å²) in [5.41, 5.74) is 4.89. The van der Waals surface area contributed by atoms with Crippen molar-refractivity contribution in [3.05, 3.63) is 82.3 Å². The molecule has 0 spiro atoms. The zero-order valence-corrected chi connectivity index (χ0v) is 45.2. The van der Waals surface area contributed by atoms with Crippen molar-refractivity contribution in [1.82, 2.24) is 40.6 Å². The van der Waals surface area contributed by atoms with Crippen molar-refractivity contribution in [2.24, 2.45) is 0 Å². The molecule has 19 nitrogen and oxygen atoms in total. The molecule has 4 aromatic heterocycles. The highest BCUT2D eigenvalue weighted by Crippen LogP contribution is 2.44. The van der Waals surface area contributed by atoms with Crippen molar-refractivity contribution in [3.8, 4) is 21.0 Å². The fraction of sp³-hybridized carbons (Fsp3) is 0.490. The number of fused-ring (bicyclic) bond motifs is 1. The van der Waals surface area contributed by atoms with Gasteiger partial charge in [0, 0.05) is 76.0 Å². The van der Waals surface area contributed by atoms with Crippen LogP contribution < -0.4 is 21.3 Å². The van der Waals surface area contributed by atoms with E-state index in [4.69, 9.17) is 29.0 Å². The van der Waals surface area contributed by atoms with Crippen LogP contribution in [0.25, 0.3) is 21.0 Å². The van der Waals surface area contributed by atoms with Crippen LogP contribution in [0.15, 0.2) is 70.8 Å². The summed E-state index contributed by atoms with van der Waals surface area (Å²) < 4.78 is 81.6. The molecule has 400 valence electrons. The number of aromatic nitrogens is 6. The molecule has 6 N–H and O–H groups in total. The van der Waals surface area contributed by atoms with E-state index >= 15 is 0 Å². The van der Waals surface area contributed by atoms with Gasteiger partial charge < -0.3 is 35.5 Å². The van der Waals surface area contributed by atoms with Crippen molar-refractivity contribution >= 4 is 77.3 Å². The molecule has 75 heavy (non-hydrogen) atoms. The van der Waals surface area contributed by atoms with Gasteiger partial charge in [-0.15, -0.1) is 22.7 Å². The maximum Gasteiger partial charge on any atom is 0.407 e. The van der Waals surface area contributed by atoms with E-state index in [1.54, 1.807) is 50.6 Å². The number of ether oxygens (including phenoxy) is 3. The number of anilines is 4. The Kier molecular flexibility index (Phi) is 15.6. The van der Waals surface area contributed by atoms with E-state index in [9.17, 15) is 26.6 Å². The molecular formula is C51H62FN11O8S4. The Morgan fingerprint density at radius 3 is 2.33 bits per heavy atom. The predicted octanol–water partition coefficient (Wildman–Crippen LogP) is 9.82. The van der Waals surface area contributed by atoms with Crippen LogP contribution in [0.3, 0.4) is 0 Å². The second-order valence-corrected chi connectivity index (χ2v) is 26.7. The topological polar surface area (TPSA) is 257 Å². The van der Waals surface area contributed by atoms with Gasteiger partial charge in [0.1, 0.15) is 17.8 Å². The highest BCUT2D eigenvalue weighted by molar-refractivity contribution is 7.93. The molecule has 2 amide bonds. The average Bonchev–Trinajstić information content (AvgIpc) is 3.64. The monoisotopic (exact) mass is 1100 g/mol. The lowest BCUT2D eigenvalue weighted by Gasteiger charge is -2.29. The number of aryl methyl sites for hydroxylation is 3. The number of hydrogen-bond acceptors (Lipinski definition) is 17. The summed E-state index contributed by atoms with van der Waals surface area (Å²) in [6, 6.07) is 12.5. The maximum atomic E-state index is 14.1. The largest absolute Gasteiger partial charge is 0.447 e. The van der Waals surface area contributed by atoms with Crippen LogP contribution in [-0.2, 0) is 59.6 Å². The molecule has 5 heterocycles. The van der Waals surface area contributed by atoms with Crippen LogP contribution in [0, 0.1) is 4.78 Å². The third kappa shape index (κ3) is 12.3. The summed E-state index contributed by atoms with van der Waals surface area (Å²) >= 11 is 3.01. The third-order valence-electron chi connectivity index (χ3n) is 13.9. The summed E-state index contributed by atoms with van der Waals surface area (Å²) in [4.78, 5) is 37.6. The maximum absolute atomic E-state index is 14.1. The van der Waals surface area contributed by atoms with E-state index in [1.807, 2.05) is 31.2 Å². The van der Waals surface area contributed by atoms with Crippen molar-refractivity contribution in [3.63, 3.8) is 0 Å². The SMILES string of the molecule is CC(C)OC(=O)NC1CCc2nc(-c3ccc(Nc4cc(CCC(C)OC(=O)NC5CCC(c6ncc(-c7ccc(Nc8cnn(CCF)c8)cc7S(=N)(=O)C7COC7)s6)CC5)[nH]n4)cc3S(=O)(=O)C3CC3)sc2C1. The number of aromatic amines is 1. The van der Waals surface area contributed by atoms with E-state index < -0.39 is 48.9 Å². The van der Waals surface area contributed by atoms with Crippen molar-refractivity contribution in [1.29, 1.82) is 4.78 Å². The zero-order chi connectivity index (χ0) is 52.4. The number of H-pyrrole nitrogens is 1. The Balaban J connectivity index is 0.702. The van der Waals surface area contributed by atoms with E-state index in [0.717, 1.165) is 51.8 Å². The van der Waals surface area contributed by atoms with Gasteiger partial charge in [0.25, 0.3) is 0 Å². The number of alkyl halides is 1. The molecular weight excluding hydrogens is 1040 g/mol. The third-order valence-corrected chi connectivity index (χ3v) is 20.8. The molecule has 2 aromatic carbocycles. The smallest absolute Gasteiger partial charge is 0.407 e. The van der Waals surface area contributed by atoms with Gasteiger partial charge in [-0.3, -0.25) is 9.78 Å². The number of nitrogens with one attached hydrogen (secondary N) is 6. The quantitative estimate of drug-likeness (QED) is 0.0416. The molecule has 0 bridgehead atoms. The van der Waals surface area contributed by atoms with E-state index in [0.29, 0.717) is 88.9 Å². The molecule has 6 aromatic rings. The van der Waals surface area contributed by atoms with Gasteiger partial charge in [0.2, 0.25) is 0 Å². The average molecular weight is 1100 g/mol. The number of hydrogen-bond donors (Lipinski definition) is 6. The van der Waals surface area contributed by atoms with Gasteiger partial charge in [0.15, 0.2) is 15.7 Å². The number of halogens is 1. The van der Waals surface area contributed by atoms with E-state index in [-0.39, 0.29) is 54.9 Å². The predicted molar refractivity (Wildman–Crippen MR) is 285 cm³/mol. The fourth-order valence-electron chi connectivity index (χ4n) is 9.63. The fourth-order valence-corrected chi connectivity index (χ4v) is 15.7. The minimum Gasteiger partial charge on any atom is -0.447 e. The van der Waals surface area contributed by atoms with Gasteiger partial charge in [-0.25, -0.2) is 41.4 Å². The van der Waals surface area contributed by atoms with Crippen LogP contribution in [0.2, 0.25) is 0 Å². The second-order valence-electron chi connectivity index (χ2n) is 20.1. The van der Waals surface area contributed by atoms with Gasteiger partial charge in [-0.05, 0) is 115 Å². The molecule has 0 radical (unpaired) electrons. The number of sulfone groups is 1. The number of carbonyl (C=O) groups excluding carboxylic acids is 2. The Morgan fingerprint density at radius 1 is 0.867 bits per heavy atom. The molecule has 3 unspecified atom stereocenters. The Labute approximate surface area is 443 Å². The Bertz CT molecular complexity index is 3250. The first-order valence-electron chi connectivity index (χ1n) is 25.5. The first-order valence-corrected chi connectivity index (χ1v) is 30.3. The number of alkyl carbamates (subject to hydrolysis) is 2. The van der Waals surface area contributed by atoms with Crippen LogP contribution >= 0.6 is 22.7 Å². The first-order chi connectivity index (χ1) is 36.1. The summed E-state index contributed by atoms with van der Waals surface area (Å²) in [5, 5.41) is 24.9. The highest BCUT2D eigenvalue weighted by Gasteiger charge is 2.39. The first kappa shape index (κ1) is 52.5. The van der Waals surface area contributed by atoms with Crippen LogP contribution in [0.4, 0.5) is 36.9 Å². The molecule has 1 saturated heterocycles. The molecule has 10 rings (SSSR count). The Morgan fingerprint density at radius 2 is 1.60 bits per heavy atom. The number of carbonyl (C=O) groups is 2. The van der Waals surface area contributed by atoms with Crippen LogP contribution in [-0.4, -0.2) is 109 Å². The number of nitrogens with zero attached hydrogens (tertiary/aromatic N) is 5. The van der Waals surface area contributed by atoms with Crippen LogP contribution in [0.1, 0.15) is 99.3 Å². The summed E-state index contributed by atoms with van der Waals surface area (Å²) in [5.74, 6) is 0.705. The molecule has 4 aliphatic rings. The number of rotatable bonds is 20. The van der Waals surface area contributed by atoms with Gasteiger partial charge >= 0.3 is 12.2 Å². The van der Waals surface area contributed by atoms with Gasteiger partial charge in [-0.1, -0.05) is 6.07 Å². The van der Waals surface area contributed by atoms with Crippen molar-refractivity contribution in [2.45, 2.75) is 148 Å². The lowest BCUT2D eigenvalue weighted by atomic mass is 9.86. The minimum absolute atomic E-state index is 0.0469. The summed E-state index contributed by atoms with van der Waals surface area (Å²) in [7, 11) is -6.85. The minimum atomic E-state index is -3.62. The summed E-state index contributed by atoms with van der Waals surface area (Å²) in [6.07, 6.45) is 11.1.